The van der Waals surface area contributed by atoms with E-state index in [1.165, 1.54) is 0 Å². The molecule has 122 valence electrons. The molecule has 0 aromatic carbocycles. The fourth-order valence-electron chi connectivity index (χ4n) is 2.40. The van der Waals surface area contributed by atoms with Gasteiger partial charge < -0.3 is 9.42 Å². The topological polar surface area (TPSA) is 75.4 Å². The molecule has 6 nitrogen and oxygen atoms in total. The van der Waals surface area contributed by atoms with Crippen LogP contribution in [0.15, 0.2) is 9.42 Å². The van der Waals surface area contributed by atoms with Gasteiger partial charge in [0, 0.05) is 6.04 Å². The van der Waals surface area contributed by atoms with Crippen LogP contribution in [0.1, 0.15) is 45.1 Å². The van der Waals surface area contributed by atoms with Gasteiger partial charge in [0.25, 0.3) is 0 Å². The van der Waals surface area contributed by atoms with Crippen molar-refractivity contribution in [2.45, 2.75) is 58.4 Å². The first-order chi connectivity index (χ1) is 9.81. The Morgan fingerprint density at radius 1 is 1.29 bits per heavy atom. The van der Waals surface area contributed by atoms with E-state index in [-0.39, 0.29) is 10.9 Å². The van der Waals surface area contributed by atoms with Gasteiger partial charge in [-0.3, -0.25) is 0 Å². The molecule has 1 atom stereocenters. The zero-order valence-corrected chi connectivity index (χ0v) is 14.5. The summed E-state index contributed by atoms with van der Waals surface area (Å²) in [5, 5.41) is 3.70. The molecule has 1 N–H and O–H groups in total. The van der Waals surface area contributed by atoms with E-state index < -0.39 is 10.0 Å². The first kappa shape index (κ1) is 18.1. The molecule has 0 aliphatic rings. The van der Waals surface area contributed by atoms with Gasteiger partial charge in [-0.05, 0) is 53.2 Å². The van der Waals surface area contributed by atoms with Gasteiger partial charge in [0.15, 0.2) is 5.76 Å². The minimum Gasteiger partial charge on any atom is -0.360 e. The van der Waals surface area contributed by atoms with Gasteiger partial charge in [-0.1, -0.05) is 19.0 Å². The van der Waals surface area contributed by atoms with E-state index in [0.717, 1.165) is 32.5 Å². The fraction of sp³-hybridized carbons (Fsp3) is 0.786. The van der Waals surface area contributed by atoms with Crippen LogP contribution in [-0.4, -0.2) is 44.2 Å². The highest BCUT2D eigenvalue weighted by atomic mass is 32.2. The van der Waals surface area contributed by atoms with E-state index in [2.05, 4.69) is 28.6 Å². The third-order valence-corrected chi connectivity index (χ3v) is 5.43. The van der Waals surface area contributed by atoms with Crippen molar-refractivity contribution in [2.75, 3.05) is 19.6 Å². The second-order valence-corrected chi connectivity index (χ2v) is 7.00. The van der Waals surface area contributed by atoms with Crippen LogP contribution in [0.4, 0.5) is 0 Å². The van der Waals surface area contributed by atoms with Crippen LogP contribution in [0.5, 0.6) is 0 Å². The number of hydrogen-bond acceptors (Lipinski definition) is 5. The third-order valence-electron chi connectivity index (χ3n) is 3.60. The third kappa shape index (κ3) is 5.09. The molecule has 1 heterocycles. The molecule has 0 saturated carbocycles. The molecule has 1 aromatic heterocycles. The minimum atomic E-state index is -3.56. The van der Waals surface area contributed by atoms with Crippen LogP contribution < -0.4 is 4.72 Å². The van der Waals surface area contributed by atoms with Crippen molar-refractivity contribution >= 4 is 10.0 Å². The summed E-state index contributed by atoms with van der Waals surface area (Å²) >= 11 is 0. The average Bonchev–Trinajstić information content (AvgIpc) is 2.74. The van der Waals surface area contributed by atoms with Gasteiger partial charge in [-0.2, -0.15) is 0 Å². The molecule has 0 fully saturated rings. The highest BCUT2D eigenvalue weighted by Crippen LogP contribution is 2.19. The van der Waals surface area contributed by atoms with Crippen LogP contribution >= 0.6 is 0 Å². The summed E-state index contributed by atoms with van der Waals surface area (Å²) < 4.78 is 32.3. The predicted molar refractivity (Wildman–Crippen MR) is 82.8 cm³/mol. The first-order valence-electron chi connectivity index (χ1n) is 7.49. The number of aryl methyl sites for hydroxylation is 2. The van der Waals surface area contributed by atoms with Crippen LogP contribution in [-0.2, 0) is 10.0 Å². The first-order valence-corrected chi connectivity index (χ1v) is 8.97. The lowest BCUT2D eigenvalue weighted by molar-refractivity contribution is 0.293. The number of nitrogens with zero attached hydrogens (tertiary/aromatic N) is 2. The number of aromatic nitrogens is 1. The standard InChI is InChI=1S/C14H27N3O3S/c1-6-17(7-2)10-8-9-11(3)16-21(18,19)14-12(4)15-20-13(14)5/h11,16H,6-10H2,1-5H3. The quantitative estimate of drug-likeness (QED) is 0.754. The van der Waals surface area contributed by atoms with E-state index in [9.17, 15) is 8.42 Å². The van der Waals surface area contributed by atoms with Gasteiger partial charge in [0.05, 0.1) is 0 Å². The molecule has 0 aliphatic heterocycles. The summed E-state index contributed by atoms with van der Waals surface area (Å²) in [6, 6.07) is -0.112. The molecule has 0 radical (unpaired) electrons. The smallest absolute Gasteiger partial charge is 0.246 e. The molecule has 0 spiro atoms. The number of sulfonamides is 1. The van der Waals surface area contributed by atoms with Gasteiger partial charge in [0.2, 0.25) is 10.0 Å². The molecule has 0 aliphatic carbocycles. The van der Waals surface area contributed by atoms with Crippen LogP contribution in [0, 0.1) is 13.8 Å². The van der Waals surface area contributed by atoms with Crippen molar-refractivity contribution in [3.63, 3.8) is 0 Å². The average molecular weight is 317 g/mol. The van der Waals surface area contributed by atoms with Crippen molar-refractivity contribution in [1.29, 1.82) is 0 Å². The molecule has 21 heavy (non-hydrogen) atoms. The van der Waals surface area contributed by atoms with Gasteiger partial charge in [-0.15, -0.1) is 0 Å². The van der Waals surface area contributed by atoms with E-state index in [1.54, 1.807) is 13.8 Å². The maximum Gasteiger partial charge on any atom is 0.246 e. The molecule has 0 bridgehead atoms. The van der Waals surface area contributed by atoms with E-state index in [1.807, 2.05) is 6.92 Å². The predicted octanol–water partition coefficient (Wildman–Crippen LogP) is 2.08. The molecule has 0 saturated heterocycles. The monoisotopic (exact) mass is 317 g/mol. The normalized spacial score (nSPS) is 13.8. The molecule has 7 heteroatoms. The number of hydrogen-bond donors (Lipinski definition) is 1. The Morgan fingerprint density at radius 3 is 2.38 bits per heavy atom. The SMILES string of the molecule is CCN(CC)CCCC(C)NS(=O)(=O)c1c(C)noc1C. The lowest BCUT2D eigenvalue weighted by Crippen LogP contribution is -2.34. The second kappa shape index (κ2) is 7.91. The lowest BCUT2D eigenvalue weighted by Gasteiger charge is -2.19. The molecule has 1 aromatic rings. The molecule has 0 amide bonds. The van der Waals surface area contributed by atoms with Crippen molar-refractivity contribution in [3.8, 4) is 0 Å². The summed E-state index contributed by atoms with van der Waals surface area (Å²) in [4.78, 5) is 2.49. The lowest BCUT2D eigenvalue weighted by atomic mass is 10.2. The summed E-state index contributed by atoms with van der Waals surface area (Å²) in [6.45, 7) is 12.4. The summed E-state index contributed by atoms with van der Waals surface area (Å²) in [5.41, 5.74) is 0.398. The Balaban J connectivity index is 2.56. The number of nitrogens with one attached hydrogen (secondary N) is 1. The van der Waals surface area contributed by atoms with E-state index in [4.69, 9.17) is 4.52 Å². The highest BCUT2D eigenvalue weighted by molar-refractivity contribution is 7.89. The van der Waals surface area contributed by atoms with Crippen molar-refractivity contribution in [2.24, 2.45) is 0 Å². The maximum absolute atomic E-state index is 12.3. The van der Waals surface area contributed by atoms with E-state index >= 15 is 0 Å². The minimum absolute atomic E-state index is 0.112. The fourth-order valence-corrected chi connectivity index (χ4v) is 4.01. The number of rotatable bonds is 9. The van der Waals surface area contributed by atoms with E-state index in [0.29, 0.717) is 11.5 Å². The molecular weight excluding hydrogens is 290 g/mol. The largest absolute Gasteiger partial charge is 0.360 e. The van der Waals surface area contributed by atoms with Gasteiger partial charge >= 0.3 is 0 Å². The van der Waals surface area contributed by atoms with Crippen LogP contribution in [0.2, 0.25) is 0 Å². The Hall–Kier alpha value is -0.920. The Kier molecular flexibility index (Phi) is 6.83. The zero-order chi connectivity index (χ0) is 16.0. The maximum atomic E-state index is 12.3. The Bertz CT molecular complexity index is 516. The van der Waals surface area contributed by atoms with Gasteiger partial charge in [-0.25, -0.2) is 13.1 Å². The second-order valence-electron chi connectivity index (χ2n) is 5.34. The van der Waals surface area contributed by atoms with Crippen molar-refractivity contribution < 1.29 is 12.9 Å². The molecule has 1 rings (SSSR count). The van der Waals surface area contributed by atoms with Crippen molar-refractivity contribution in [3.05, 3.63) is 11.5 Å². The van der Waals surface area contributed by atoms with Gasteiger partial charge in [0.1, 0.15) is 10.6 Å². The molecule has 1 unspecified atom stereocenters. The van der Waals surface area contributed by atoms with Crippen molar-refractivity contribution in [1.82, 2.24) is 14.8 Å². The van der Waals surface area contributed by atoms with Crippen LogP contribution in [0.3, 0.4) is 0 Å². The summed E-state index contributed by atoms with van der Waals surface area (Å²) in [7, 11) is -3.56. The Morgan fingerprint density at radius 2 is 1.90 bits per heavy atom. The molecular formula is C14H27N3O3S. The Labute approximate surface area is 127 Å². The highest BCUT2D eigenvalue weighted by Gasteiger charge is 2.25. The zero-order valence-electron chi connectivity index (χ0n) is 13.6. The summed E-state index contributed by atoms with van der Waals surface area (Å²) in [6.07, 6.45) is 1.77. The van der Waals surface area contributed by atoms with Crippen LogP contribution in [0.25, 0.3) is 0 Å². The summed E-state index contributed by atoms with van der Waals surface area (Å²) in [5.74, 6) is 0.329.